The van der Waals surface area contributed by atoms with Gasteiger partial charge in [-0.25, -0.2) is 14.6 Å². The molecule has 0 unspecified atom stereocenters. The largest absolute Gasteiger partial charge is 0.443 e. The Hall–Kier alpha value is -1.85. The SMILES string of the molecule is CCOOCc1cc(C)c2ccn(C(=O)OC(C)(C)C)c2c1. The Morgan fingerprint density at radius 3 is 2.59 bits per heavy atom. The normalized spacial score (nSPS) is 11.9. The second-order valence-electron chi connectivity index (χ2n) is 6.18. The summed E-state index contributed by atoms with van der Waals surface area (Å²) in [4.78, 5) is 22.3. The van der Waals surface area contributed by atoms with Crippen LogP contribution in [0.3, 0.4) is 0 Å². The lowest BCUT2D eigenvalue weighted by Gasteiger charge is -2.20. The Bertz CT molecular complexity index is 667. The maximum Gasteiger partial charge on any atom is 0.418 e. The summed E-state index contributed by atoms with van der Waals surface area (Å²) in [7, 11) is 0. The zero-order chi connectivity index (χ0) is 16.3. The van der Waals surface area contributed by atoms with Crippen molar-refractivity contribution in [1.82, 2.24) is 4.57 Å². The van der Waals surface area contributed by atoms with E-state index in [0.29, 0.717) is 13.2 Å². The summed E-state index contributed by atoms with van der Waals surface area (Å²) < 4.78 is 6.96. The van der Waals surface area contributed by atoms with Crippen molar-refractivity contribution in [2.45, 2.75) is 46.8 Å². The van der Waals surface area contributed by atoms with Crippen LogP contribution in [0.4, 0.5) is 4.79 Å². The van der Waals surface area contributed by atoms with Crippen LogP contribution in [-0.2, 0) is 21.1 Å². The fourth-order valence-electron chi connectivity index (χ4n) is 2.25. The van der Waals surface area contributed by atoms with Crippen LogP contribution in [0.25, 0.3) is 10.9 Å². The van der Waals surface area contributed by atoms with E-state index in [1.807, 2.05) is 52.8 Å². The third-order valence-corrected chi connectivity index (χ3v) is 3.09. The summed E-state index contributed by atoms with van der Waals surface area (Å²) in [6.45, 7) is 10.3. The molecule has 0 saturated carbocycles. The molecular formula is C17H23NO4. The van der Waals surface area contributed by atoms with Gasteiger partial charge in [0.2, 0.25) is 0 Å². The predicted octanol–water partition coefficient (Wildman–Crippen LogP) is 4.20. The third-order valence-electron chi connectivity index (χ3n) is 3.09. The maximum absolute atomic E-state index is 12.3. The van der Waals surface area contributed by atoms with Crippen molar-refractivity contribution in [2.75, 3.05) is 6.61 Å². The smallest absolute Gasteiger partial charge is 0.418 e. The van der Waals surface area contributed by atoms with Crippen molar-refractivity contribution in [3.8, 4) is 0 Å². The standard InChI is InChI=1S/C17H23NO4/c1-6-20-21-11-13-9-12(2)14-7-8-18(15(14)10-13)16(19)22-17(3,4)5/h7-10H,6,11H2,1-5H3. The van der Waals surface area contributed by atoms with Crippen LogP contribution >= 0.6 is 0 Å². The molecule has 1 heterocycles. The Morgan fingerprint density at radius 1 is 1.23 bits per heavy atom. The molecule has 0 bridgehead atoms. The minimum Gasteiger partial charge on any atom is -0.443 e. The lowest BCUT2D eigenvalue weighted by Crippen LogP contribution is -2.26. The molecule has 0 saturated heterocycles. The van der Waals surface area contributed by atoms with Crippen molar-refractivity contribution in [2.24, 2.45) is 0 Å². The highest BCUT2D eigenvalue weighted by Crippen LogP contribution is 2.23. The molecule has 0 fully saturated rings. The number of hydrogen-bond donors (Lipinski definition) is 0. The second kappa shape index (κ2) is 6.50. The van der Waals surface area contributed by atoms with Crippen molar-refractivity contribution in [1.29, 1.82) is 0 Å². The van der Waals surface area contributed by atoms with Crippen LogP contribution in [0.1, 0.15) is 38.8 Å². The highest BCUT2D eigenvalue weighted by molar-refractivity contribution is 5.91. The van der Waals surface area contributed by atoms with E-state index in [-0.39, 0.29) is 6.09 Å². The molecule has 120 valence electrons. The summed E-state index contributed by atoms with van der Waals surface area (Å²) in [6.07, 6.45) is 1.35. The van der Waals surface area contributed by atoms with Crippen molar-refractivity contribution in [3.63, 3.8) is 0 Å². The molecule has 5 nitrogen and oxygen atoms in total. The zero-order valence-corrected chi connectivity index (χ0v) is 13.8. The number of carbonyl (C=O) groups excluding carboxylic acids is 1. The Balaban J connectivity index is 2.34. The number of aromatic nitrogens is 1. The average molecular weight is 305 g/mol. The zero-order valence-electron chi connectivity index (χ0n) is 13.8. The van der Waals surface area contributed by atoms with Gasteiger partial charge in [-0.05, 0) is 57.9 Å². The second-order valence-corrected chi connectivity index (χ2v) is 6.18. The van der Waals surface area contributed by atoms with Crippen molar-refractivity contribution >= 4 is 17.0 Å². The summed E-state index contributed by atoms with van der Waals surface area (Å²) in [5, 5.41) is 1.02. The van der Waals surface area contributed by atoms with Crippen LogP contribution in [0, 0.1) is 6.92 Å². The Kier molecular flexibility index (Phi) is 4.88. The van der Waals surface area contributed by atoms with Gasteiger partial charge in [-0.15, -0.1) is 0 Å². The van der Waals surface area contributed by atoms with Crippen LogP contribution in [0.2, 0.25) is 0 Å². The molecule has 0 atom stereocenters. The van der Waals surface area contributed by atoms with Crippen molar-refractivity contribution in [3.05, 3.63) is 35.5 Å². The van der Waals surface area contributed by atoms with Gasteiger partial charge in [0, 0.05) is 11.6 Å². The van der Waals surface area contributed by atoms with E-state index in [1.165, 1.54) is 4.57 Å². The first-order chi connectivity index (χ1) is 10.3. The molecule has 5 heteroatoms. The lowest BCUT2D eigenvalue weighted by molar-refractivity contribution is -0.300. The van der Waals surface area contributed by atoms with E-state index in [1.54, 1.807) is 6.20 Å². The fraction of sp³-hybridized carbons (Fsp3) is 0.471. The molecular weight excluding hydrogens is 282 g/mol. The first-order valence-corrected chi connectivity index (χ1v) is 7.40. The van der Waals surface area contributed by atoms with Crippen LogP contribution < -0.4 is 0 Å². The number of rotatable bonds is 4. The van der Waals surface area contributed by atoms with Crippen LogP contribution in [-0.4, -0.2) is 22.9 Å². The van der Waals surface area contributed by atoms with Gasteiger partial charge in [0.25, 0.3) is 0 Å². The van der Waals surface area contributed by atoms with Gasteiger partial charge in [0.05, 0.1) is 12.1 Å². The molecule has 0 aliphatic rings. The van der Waals surface area contributed by atoms with Gasteiger partial charge in [0.1, 0.15) is 12.2 Å². The van der Waals surface area contributed by atoms with E-state index in [9.17, 15) is 4.79 Å². The van der Waals surface area contributed by atoms with Gasteiger partial charge in [-0.2, -0.15) is 0 Å². The number of benzene rings is 1. The molecule has 0 spiro atoms. The summed E-state index contributed by atoms with van der Waals surface area (Å²) in [5.74, 6) is 0. The molecule has 2 rings (SSSR count). The first kappa shape index (κ1) is 16.5. The average Bonchev–Trinajstić information content (AvgIpc) is 2.81. The number of hydrogen-bond acceptors (Lipinski definition) is 4. The molecule has 2 aromatic rings. The Labute approximate surface area is 130 Å². The molecule has 1 aromatic heterocycles. The highest BCUT2D eigenvalue weighted by atomic mass is 17.2. The van der Waals surface area contributed by atoms with E-state index in [2.05, 4.69) is 0 Å². The monoisotopic (exact) mass is 305 g/mol. The van der Waals surface area contributed by atoms with Crippen LogP contribution in [0.5, 0.6) is 0 Å². The van der Waals surface area contributed by atoms with Crippen molar-refractivity contribution < 1.29 is 19.3 Å². The first-order valence-electron chi connectivity index (χ1n) is 7.40. The fourth-order valence-corrected chi connectivity index (χ4v) is 2.25. The van der Waals surface area contributed by atoms with Gasteiger partial charge < -0.3 is 4.74 Å². The van der Waals surface area contributed by atoms with Gasteiger partial charge in [-0.1, -0.05) is 6.07 Å². The lowest BCUT2D eigenvalue weighted by atomic mass is 10.1. The highest BCUT2D eigenvalue weighted by Gasteiger charge is 2.19. The van der Waals surface area contributed by atoms with Gasteiger partial charge >= 0.3 is 6.09 Å². The van der Waals surface area contributed by atoms with Gasteiger partial charge in [-0.3, -0.25) is 4.57 Å². The number of fused-ring (bicyclic) bond motifs is 1. The molecule has 1 aromatic carbocycles. The molecule has 0 N–H and O–H groups in total. The minimum absolute atomic E-state index is 0.337. The molecule has 0 aliphatic carbocycles. The third kappa shape index (κ3) is 3.87. The number of aryl methyl sites for hydroxylation is 1. The summed E-state index contributed by atoms with van der Waals surface area (Å²) in [6, 6.07) is 5.87. The quantitative estimate of drug-likeness (QED) is 0.482. The maximum atomic E-state index is 12.3. The van der Waals surface area contributed by atoms with E-state index >= 15 is 0 Å². The topological polar surface area (TPSA) is 49.7 Å². The van der Waals surface area contributed by atoms with E-state index < -0.39 is 5.60 Å². The van der Waals surface area contributed by atoms with Gasteiger partial charge in [0.15, 0.2) is 0 Å². The van der Waals surface area contributed by atoms with E-state index in [4.69, 9.17) is 14.5 Å². The molecule has 22 heavy (non-hydrogen) atoms. The number of nitrogens with zero attached hydrogens (tertiary/aromatic N) is 1. The summed E-state index contributed by atoms with van der Waals surface area (Å²) >= 11 is 0. The van der Waals surface area contributed by atoms with E-state index in [0.717, 1.165) is 22.0 Å². The number of ether oxygens (including phenoxy) is 1. The van der Waals surface area contributed by atoms with Crippen LogP contribution in [0.15, 0.2) is 24.4 Å². The minimum atomic E-state index is -0.529. The molecule has 0 radical (unpaired) electrons. The molecule has 0 aliphatic heterocycles. The Morgan fingerprint density at radius 2 is 1.95 bits per heavy atom. The summed E-state index contributed by atoms with van der Waals surface area (Å²) in [5.41, 5.74) is 2.31. The number of carbonyl (C=O) groups is 1. The molecule has 0 amide bonds. The predicted molar refractivity (Wildman–Crippen MR) is 84.7 cm³/mol.